The molecule has 72 valence electrons. The van der Waals surface area contributed by atoms with Crippen LogP contribution in [0.1, 0.15) is 12.0 Å². The van der Waals surface area contributed by atoms with Crippen LogP contribution in [0.5, 0.6) is 0 Å². The highest BCUT2D eigenvalue weighted by molar-refractivity contribution is 5.92. The molecule has 0 aromatic heterocycles. The van der Waals surface area contributed by atoms with Crippen molar-refractivity contribution < 1.29 is 9.18 Å². The summed E-state index contributed by atoms with van der Waals surface area (Å²) in [6.45, 7) is 1.61. The maximum Gasteiger partial charge on any atom is 0.238 e. The van der Waals surface area contributed by atoms with Crippen LogP contribution in [0.4, 0.5) is 10.1 Å². The molecule has 0 aliphatic rings. The van der Waals surface area contributed by atoms with Gasteiger partial charge in [-0.2, -0.15) is 5.26 Å². The fourth-order valence-electron chi connectivity index (χ4n) is 1.01. The van der Waals surface area contributed by atoms with Crippen molar-refractivity contribution in [3.05, 3.63) is 29.6 Å². The summed E-state index contributed by atoms with van der Waals surface area (Å²) in [5.41, 5.74) is 0.574. The lowest BCUT2D eigenvalue weighted by molar-refractivity contribution is -0.115. The topological polar surface area (TPSA) is 52.9 Å². The van der Waals surface area contributed by atoms with Crippen molar-refractivity contribution in [2.45, 2.75) is 13.3 Å². The van der Waals surface area contributed by atoms with Crippen LogP contribution in [-0.2, 0) is 4.79 Å². The zero-order valence-corrected chi connectivity index (χ0v) is 7.67. The van der Waals surface area contributed by atoms with E-state index in [1.165, 1.54) is 6.07 Å². The van der Waals surface area contributed by atoms with Crippen molar-refractivity contribution in [1.29, 1.82) is 5.26 Å². The van der Waals surface area contributed by atoms with Crippen LogP contribution < -0.4 is 5.32 Å². The number of hydrogen-bond acceptors (Lipinski definition) is 2. The lowest BCUT2D eigenvalue weighted by atomic mass is 10.2. The Kier molecular flexibility index (Phi) is 3.19. The third-order valence-electron chi connectivity index (χ3n) is 1.71. The van der Waals surface area contributed by atoms with E-state index in [1.54, 1.807) is 25.1 Å². The molecular weight excluding hydrogens is 183 g/mol. The van der Waals surface area contributed by atoms with Crippen LogP contribution in [-0.4, -0.2) is 5.91 Å². The Balaban J connectivity index is 2.83. The van der Waals surface area contributed by atoms with Crippen LogP contribution in [0.15, 0.2) is 18.2 Å². The summed E-state index contributed by atoms with van der Waals surface area (Å²) in [6.07, 6.45) is -0.270. The van der Waals surface area contributed by atoms with Crippen LogP contribution in [0.3, 0.4) is 0 Å². The summed E-state index contributed by atoms with van der Waals surface area (Å²) in [7, 11) is 0. The van der Waals surface area contributed by atoms with Gasteiger partial charge in [-0.05, 0) is 18.6 Å². The highest BCUT2D eigenvalue weighted by Gasteiger charge is 2.07. The number of rotatable bonds is 2. The number of benzene rings is 1. The minimum Gasteiger partial charge on any atom is -0.323 e. The molecule has 0 aliphatic heterocycles. The number of amides is 1. The Hall–Kier alpha value is -1.89. The molecule has 1 N–H and O–H groups in total. The minimum absolute atomic E-state index is 0.116. The number of aryl methyl sites for hydroxylation is 1. The average Bonchev–Trinajstić information content (AvgIpc) is 2.13. The van der Waals surface area contributed by atoms with Gasteiger partial charge in [-0.1, -0.05) is 12.1 Å². The highest BCUT2D eigenvalue weighted by atomic mass is 19.1. The molecule has 0 saturated heterocycles. The third kappa shape index (κ3) is 2.30. The summed E-state index contributed by atoms with van der Waals surface area (Å²) in [5, 5.41) is 10.5. The van der Waals surface area contributed by atoms with Crippen molar-refractivity contribution in [2.75, 3.05) is 5.32 Å². The number of carbonyl (C=O) groups excluding carboxylic acids is 1. The number of anilines is 1. The highest BCUT2D eigenvalue weighted by Crippen LogP contribution is 2.16. The SMILES string of the molecule is Cc1cccc(NC(=O)CC#N)c1F. The van der Waals surface area contributed by atoms with E-state index in [2.05, 4.69) is 5.32 Å². The Bertz CT molecular complexity index is 396. The van der Waals surface area contributed by atoms with Gasteiger partial charge in [0, 0.05) is 0 Å². The number of nitrogens with zero attached hydrogens (tertiary/aromatic N) is 1. The molecule has 0 atom stereocenters. The van der Waals surface area contributed by atoms with Crippen molar-refractivity contribution >= 4 is 11.6 Å². The standard InChI is InChI=1S/C10H9FN2O/c1-7-3-2-4-8(10(7)11)13-9(14)5-6-12/h2-4H,5H2,1H3,(H,13,14). The number of hydrogen-bond donors (Lipinski definition) is 1. The zero-order chi connectivity index (χ0) is 10.6. The van der Waals surface area contributed by atoms with Gasteiger partial charge >= 0.3 is 0 Å². The van der Waals surface area contributed by atoms with E-state index in [-0.39, 0.29) is 12.1 Å². The summed E-state index contributed by atoms with van der Waals surface area (Å²) in [5.74, 6) is -0.962. The van der Waals surface area contributed by atoms with Crippen molar-refractivity contribution in [3.63, 3.8) is 0 Å². The Morgan fingerprint density at radius 2 is 2.36 bits per heavy atom. The first-order chi connectivity index (χ1) is 6.65. The quantitative estimate of drug-likeness (QED) is 0.778. The van der Waals surface area contributed by atoms with Gasteiger partial charge in [0.05, 0.1) is 11.8 Å². The molecular formula is C10H9FN2O. The number of nitrogens with one attached hydrogen (secondary N) is 1. The molecule has 1 rings (SSSR count). The monoisotopic (exact) mass is 192 g/mol. The van der Waals surface area contributed by atoms with Gasteiger partial charge in [-0.25, -0.2) is 4.39 Å². The van der Waals surface area contributed by atoms with E-state index in [9.17, 15) is 9.18 Å². The first-order valence-corrected chi connectivity index (χ1v) is 4.07. The first kappa shape index (κ1) is 10.2. The van der Waals surface area contributed by atoms with Crippen LogP contribution in [0.2, 0.25) is 0 Å². The molecule has 1 amide bonds. The van der Waals surface area contributed by atoms with E-state index in [0.717, 1.165) is 0 Å². The van der Waals surface area contributed by atoms with E-state index in [4.69, 9.17) is 5.26 Å². The minimum atomic E-state index is -0.503. The van der Waals surface area contributed by atoms with Crippen LogP contribution >= 0.6 is 0 Å². The fraction of sp³-hybridized carbons (Fsp3) is 0.200. The van der Waals surface area contributed by atoms with E-state index >= 15 is 0 Å². The van der Waals surface area contributed by atoms with Crippen LogP contribution in [0, 0.1) is 24.1 Å². The molecule has 0 radical (unpaired) electrons. The second kappa shape index (κ2) is 4.38. The molecule has 0 aliphatic carbocycles. The summed E-state index contributed by atoms with van der Waals surface area (Å²) < 4.78 is 13.3. The average molecular weight is 192 g/mol. The lowest BCUT2D eigenvalue weighted by Crippen LogP contribution is -2.11. The maximum atomic E-state index is 13.3. The lowest BCUT2D eigenvalue weighted by Gasteiger charge is -2.05. The number of nitriles is 1. The molecule has 0 spiro atoms. The Morgan fingerprint density at radius 1 is 1.64 bits per heavy atom. The van der Waals surface area contributed by atoms with Gasteiger partial charge in [0.1, 0.15) is 12.2 Å². The number of carbonyl (C=O) groups is 1. The smallest absolute Gasteiger partial charge is 0.238 e. The van der Waals surface area contributed by atoms with Crippen molar-refractivity contribution in [1.82, 2.24) is 0 Å². The van der Waals surface area contributed by atoms with Gasteiger partial charge < -0.3 is 5.32 Å². The summed E-state index contributed by atoms with van der Waals surface area (Å²) in [6, 6.07) is 6.39. The van der Waals surface area contributed by atoms with Crippen molar-refractivity contribution in [3.8, 4) is 6.07 Å². The molecule has 0 bridgehead atoms. The molecule has 4 heteroatoms. The molecule has 0 fully saturated rings. The third-order valence-corrected chi connectivity index (χ3v) is 1.71. The molecule has 1 aromatic rings. The van der Waals surface area contributed by atoms with Gasteiger partial charge in [0.15, 0.2) is 0 Å². The maximum absolute atomic E-state index is 13.3. The van der Waals surface area contributed by atoms with E-state index in [0.29, 0.717) is 5.56 Å². The molecule has 0 saturated carbocycles. The predicted octanol–water partition coefficient (Wildman–Crippen LogP) is 1.99. The normalized spacial score (nSPS) is 9.21. The second-order valence-corrected chi connectivity index (χ2v) is 2.82. The van der Waals surface area contributed by atoms with E-state index < -0.39 is 11.7 Å². The molecule has 1 aromatic carbocycles. The van der Waals surface area contributed by atoms with Gasteiger partial charge in [0.25, 0.3) is 0 Å². The Labute approximate surface area is 81.2 Å². The van der Waals surface area contributed by atoms with Gasteiger partial charge in [-0.3, -0.25) is 4.79 Å². The predicted molar refractivity (Wildman–Crippen MR) is 50.0 cm³/mol. The fourth-order valence-corrected chi connectivity index (χ4v) is 1.01. The summed E-state index contributed by atoms with van der Waals surface area (Å²) >= 11 is 0. The molecule has 14 heavy (non-hydrogen) atoms. The molecule has 3 nitrogen and oxygen atoms in total. The van der Waals surface area contributed by atoms with Gasteiger partial charge in [0.2, 0.25) is 5.91 Å². The molecule has 0 heterocycles. The zero-order valence-electron chi connectivity index (χ0n) is 7.67. The largest absolute Gasteiger partial charge is 0.323 e. The van der Waals surface area contributed by atoms with E-state index in [1.807, 2.05) is 0 Å². The van der Waals surface area contributed by atoms with Gasteiger partial charge in [-0.15, -0.1) is 0 Å². The first-order valence-electron chi connectivity index (χ1n) is 4.07. The second-order valence-electron chi connectivity index (χ2n) is 2.82. The molecule has 0 unspecified atom stereocenters. The number of halogens is 1. The van der Waals surface area contributed by atoms with Crippen molar-refractivity contribution in [2.24, 2.45) is 0 Å². The van der Waals surface area contributed by atoms with Crippen LogP contribution in [0.25, 0.3) is 0 Å². The Morgan fingerprint density at radius 3 is 3.00 bits per heavy atom. The summed E-state index contributed by atoms with van der Waals surface area (Å²) in [4.78, 5) is 11.0.